The van der Waals surface area contributed by atoms with Crippen molar-refractivity contribution in [3.8, 4) is 11.3 Å². The molecule has 0 saturated heterocycles. The lowest BCUT2D eigenvalue weighted by Crippen LogP contribution is -1.96. The van der Waals surface area contributed by atoms with Gasteiger partial charge in [-0.05, 0) is 36.2 Å². The Morgan fingerprint density at radius 3 is 2.60 bits per heavy atom. The first-order valence-corrected chi connectivity index (χ1v) is 5.86. The van der Waals surface area contributed by atoms with Crippen LogP contribution in [-0.4, -0.2) is 9.55 Å². The molecule has 0 unspecified atom stereocenters. The third-order valence-electron chi connectivity index (χ3n) is 2.26. The average molecular weight is 286 g/mol. The van der Waals surface area contributed by atoms with Crippen LogP contribution in [0.3, 0.4) is 0 Å². The molecule has 15 heavy (non-hydrogen) atoms. The lowest BCUT2D eigenvalue weighted by Gasteiger charge is -2.06. The Balaban J connectivity index is 2.49. The fourth-order valence-corrected chi connectivity index (χ4v) is 2.03. The van der Waals surface area contributed by atoms with Crippen LogP contribution in [0.2, 0.25) is 5.28 Å². The summed E-state index contributed by atoms with van der Waals surface area (Å²) < 4.78 is 3.05. The Labute approximate surface area is 102 Å². The van der Waals surface area contributed by atoms with Crippen LogP contribution >= 0.6 is 27.5 Å². The summed E-state index contributed by atoms with van der Waals surface area (Å²) in [7, 11) is 0. The number of halogens is 2. The molecule has 0 amide bonds. The van der Waals surface area contributed by atoms with Crippen LogP contribution in [0.4, 0.5) is 0 Å². The van der Waals surface area contributed by atoms with E-state index in [1.165, 1.54) is 0 Å². The summed E-state index contributed by atoms with van der Waals surface area (Å²) in [4.78, 5) is 4.10. The van der Waals surface area contributed by atoms with Gasteiger partial charge in [-0.15, -0.1) is 0 Å². The monoisotopic (exact) mass is 284 g/mol. The zero-order chi connectivity index (χ0) is 10.8. The Hall–Kier alpha value is -0.800. The minimum absolute atomic E-state index is 0.537. The zero-order valence-corrected chi connectivity index (χ0v) is 10.6. The van der Waals surface area contributed by atoms with E-state index in [-0.39, 0.29) is 0 Å². The van der Waals surface area contributed by atoms with E-state index in [2.05, 4.69) is 27.8 Å². The predicted molar refractivity (Wildman–Crippen MR) is 66.0 cm³/mol. The highest BCUT2D eigenvalue weighted by Gasteiger charge is 2.07. The Bertz CT molecular complexity index is 462. The predicted octanol–water partition coefficient (Wildman–Crippen LogP) is 3.99. The Kier molecular flexibility index (Phi) is 3.12. The molecule has 0 N–H and O–H groups in total. The first-order chi connectivity index (χ1) is 7.22. The molecule has 0 radical (unpaired) electrons. The fourth-order valence-electron chi connectivity index (χ4n) is 1.51. The second-order valence-corrected chi connectivity index (χ2v) is 4.42. The molecule has 1 aromatic heterocycles. The van der Waals surface area contributed by atoms with Crippen molar-refractivity contribution in [3.05, 3.63) is 40.2 Å². The number of aromatic nitrogens is 2. The fraction of sp³-hybridized carbons (Fsp3) is 0.182. The summed E-state index contributed by atoms with van der Waals surface area (Å²) >= 11 is 9.38. The molecule has 2 rings (SSSR count). The van der Waals surface area contributed by atoms with E-state index in [4.69, 9.17) is 11.6 Å². The Morgan fingerprint density at radius 2 is 2.00 bits per heavy atom. The summed E-state index contributed by atoms with van der Waals surface area (Å²) in [5.41, 5.74) is 2.18. The maximum atomic E-state index is 5.97. The standard InChI is InChI=1S/C11H10BrClN2/c1-2-15-10(7-14-11(15)13)8-3-5-9(12)6-4-8/h3-7H,2H2,1H3. The highest BCUT2D eigenvalue weighted by molar-refractivity contribution is 9.10. The number of hydrogen-bond acceptors (Lipinski definition) is 1. The van der Waals surface area contributed by atoms with Gasteiger partial charge < -0.3 is 4.57 Å². The van der Waals surface area contributed by atoms with Crippen molar-refractivity contribution < 1.29 is 0 Å². The van der Waals surface area contributed by atoms with Crippen LogP contribution in [0.25, 0.3) is 11.3 Å². The van der Waals surface area contributed by atoms with E-state index in [0.29, 0.717) is 5.28 Å². The molecule has 4 heteroatoms. The first kappa shape index (κ1) is 10.7. The molecule has 0 aliphatic carbocycles. The van der Waals surface area contributed by atoms with Gasteiger partial charge in [-0.25, -0.2) is 4.98 Å². The molecule has 0 bridgehead atoms. The highest BCUT2D eigenvalue weighted by Crippen LogP contribution is 2.24. The van der Waals surface area contributed by atoms with E-state index < -0.39 is 0 Å². The minimum Gasteiger partial charge on any atom is -0.315 e. The van der Waals surface area contributed by atoms with Crippen molar-refractivity contribution in [1.29, 1.82) is 0 Å². The summed E-state index contributed by atoms with van der Waals surface area (Å²) in [5, 5.41) is 0.537. The second-order valence-electron chi connectivity index (χ2n) is 3.16. The SMILES string of the molecule is CCn1c(-c2ccc(Br)cc2)cnc1Cl. The topological polar surface area (TPSA) is 17.8 Å². The zero-order valence-electron chi connectivity index (χ0n) is 8.24. The largest absolute Gasteiger partial charge is 0.315 e. The van der Waals surface area contributed by atoms with Gasteiger partial charge in [0.2, 0.25) is 5.28 Å². The molecular formula is C11H10BrClN2. The molecule has 0 aliphatic heterocycles. The van der Waals surface area contributed by atoms with Crippen molar-refractivity contribution in [3.63, 3.8) is 0 Å². The van der Waals surface area contributed by atoms with Gasteiger partial charge in [0.1, 0.15) is 0 Å². The lowest BCUT2D eigenvalue weighted by molar-refractivity contribution is 0.770. The van der Waals surface area contributed by atoms with Crippen LogP contribution in [0.15, 0.2) is 34.9 Å². The van der Waals surface area contributed by atoms with E-state index >= 15 is 0 Å². The van der Waals surface area contributed by atoms with Crippen LogP contribution in [0.5, 0.6) is 0 Å². The van der Waals surface area contributed by atoms with E-state index in [1.54, 1.807) is 6.20 Å². The van der Waals surface area contributed by atoms with Crippen molar-refractivity contribution in [2.24, 2.45) is 0 Å². The number of imidazole rings is 1. The van der Waals surface area contributed by atoms with Crippen LogP contribution in [0.1, 0.15) is 6.92 Å². The van der Waals surface area contributed by atoms with Gasteiger partial charge >= 0.3 is 0 Å². The molecule has 2 nitrogen and oxygen atoms in total. The Morgan fingerprint density at radius 1 is 1.33 bits per heavy atom. The van der Waals surface area contributed by atoms with Gasteiger partial charge in [-0.3, -0.25) is 0 Å². The van der Waals surface area contributed by atoms with Crippen molar-refractivity contribution in [2.45, 2.75) is 13.5 Å². The molecule has 0 atom stereocenters. The van der Waals surface area contributed by atoms with Crippen molar-refractivity contribution in [2.75, 3.05) is 0 Å². The summed E-state index contributed by atoms with van der Waals surface area (Å²) in [5.74, 6) is 0. The van der Waals surface area contributed by atoms with Crippen molar-refractivity contribution >= 4 is 27.5 Å². The minimum atomic E-state index is 0.537. The van der Waals surface area contributed by atoms with Crippen molar-refractivity contribution in [1.82, 2.24) is 9.55 Å². The van der Waals surface area contributed by atoms with Crippen LogP contribution < -0.4 is 0 Å². The summed E-state index contributed by atoms with van der Waals surface area (Å²) in [6.07, 6.45) is 1.80. The van der Waals surface area contributed by atoms with Gasteiger partial charge in [0, 0.05) is 11.0 Å². The number of benzene rings is 1. The molecular weight excluding hydrogens is 275 g/mol. The highest BCUT2D eigenvalue weighted by atomic mass is 79.9. The number of nitrogens with zero attached hydrogens (tertiary/aromatic N) is 2. The van der Waals surface area contributed by atoms with E-state index in [0.717, 1.165) is 22.3 Å². The molecule has 2 aromatic rings. The van der Waals surface area contributed by atoms with Gasteiger partial charge in [-0.2, -0.15) is 0 Å². The van der Waals surface area contributed by atoms with Gasteiger partial charge in [0.25, 0.3) is 0 Å². The van der Waals surface area contributed by atoms with Gasteiger partial charge in [0.05, 0.1) is 11.9 Å². The second kappa shape index (κ2) is 4.37. The average Bonchev–Trinajstić information content (AvgIpc) is 2.61. The molecule has 0 aliphatic rings. The third kappa shape index (κ3) is 2.08. The normalized spacial score (nSPS) is 10.6. The molecule has 0 spiro atoms. The first-order valence-electron chi connectivity index (χ1n) is 4.69. The molecule has 78 valence electrons. The van der Waals surface area contributed by atoms with Gasteiger partial charge in [-0.1, -0.05) is 28.1 Å². The maximum absolute atomic E-state index is 5.97. The lowest BCUT2D eigenvalue weighted by atomic mass is 10.2. The molecule has 0 fully saturated rings. The molecule has 1 aromatic carbocycles. The number of rotatable bonds is 2. The third-order valence-corrected chi connectivity index (χ3v) is 3.09. The van der Waals surface area contributed by atoms with Gasteiger partial charge in [0.15, 0.2) is 0 Å². The summed E-state index contributed by atoms with van der Waals surface area (Å²) in [6.45, 7) is 2.88. The quantitative estimate of drug-likeness (QED) is 0.816. The van der Waals surface area contributed by atoms with Crippen LogP contribution in [0, 0.1) is 0 Å². The maximum Gasteiger partial charge on any atom is 0.203 e. The van der Waals surface area contributed by atoms with Crippen LogP contribution in [-0.2, 0) is 6.54 Å². The molecule has 1 heterocycles. The number of hydrogen-bond donors (Lipinski definition) is 0. The smallest absolute Gasteiger partial charge is 0.203 e. The molecule has 0 saturated carbocycles. The summed E-state index contributed by atoms with van der Waals surface area (Å²) in [6, 6.07) is 8.11. The van der Waals surface area contributed by atoms with E-state index in [1.807, 2.05) is 28.8 Å². The van der Waals surface area contributed by atoms with E-state index in [9.17, 15) is 0 Å².